The van der Waals surface area contributed by atoms with E-state index in [9.17, 15) is 9.59 Å². The molecule has 78 valence electrons. The highest BCUT2D eigenvalue weighted by Crippen LogP contribution is 2.12. The molecule has 4 nitrogen and oxygen atoms in total. The standard InChI is InChI=1S/C11H11NO3/c1-2-15-11(14)7-9-3-5-10(6-4-9)12-8-13/h3-6H,2,7H2,1H3. The number of nitrogens with zero attached hydrogens (tertiary/aromatic N) is 1. The van der Waals surface area contributed by atoms with Crippen LogP contribution in [0, 0.1) is 0 Å². The Hall–Kier alpha value is -1.93. The average Bonchev–Trinajstić information content (AvgIpc) is 2.22. The predicted molar refractivity (Wildman–Crippen MR) is 54.6 cm³/mol. The molecule has 1 aromatic rings. The molecular formula is C11H11NO3. The number of rotatable bonds is 4. The Labute approximate surface area is 87.6 Å². The topological polar surface area (TPSA) is 55.7 Å². The Morgan fingerprint density at radius 1 is 1.40 bits per heavy atom. The summed E-state index contributed by atoms with van der Waals surface area (Å²) in [4.78, 5) is 24.5. The van der Waals surface area contributed by atoms with Gasteiger partial charge in [0, 0.05) is 0 Å². The van der Waals surface area contributed by atoms with Crippen LogP contribution in [0.15, 0.2) is 29.3 Å². The van der Waals surface area contributed by atoms with Crippen molar-refractivity contribution >= 4 is 17.7 Å². The van der Waals surface area contributed by atoms with Crippen LogP contribution >= 0.6 is 0 Å². The smallest absolute Gasteiger partial charge is 0.310 e. The number of carbonyl (C=O) groups excluding carboxylic acids is 2. The van der Waals surface area contributed by atoms with Crippen molar-refractivity contribution in [3.63, 3.8) is 0 Å². The molecule has 1 rings (SSSR count). The van der Waals surface area contributed by atoms with E-state index in [1.54, 1.807) is 31.2 Å². The summed E-state index contributed by atoms with van der Waals surface area (Å²) in [5, 5.41) is 0. The molecule has 0 N–H and O–H groups in total. The van der Waals surface area contributed by atoms with Gasteiger partial charge < -0.3 is 4.74 Å². The first kappa shape index (κ1) is 11.1. The molecule has 0 aliphatic heterocycles. The fourth-order valence-corrected chi connectivity index (χ4v) is 1.12. The van der Waals surface area contributed by atoms with Crippen molar-refractivity contribution in [2.45, 2.75) is 13.3 Å². The summed E-state index contributed by atoms with van der Waals surface area (Å²) in [6.07, 6.45) is 1.68. The normalized spacial score (nSPS) is 9.13. The minimum Gasteiger partial charge on any atom is -0.466 e. The lowest BCUT2D eigenvalue weighted by molar-refractivity contribution is -0.142. The summed E-state index contributed by atoms with van der Waals surface area (Å²) in [5.41, 5.74) is 1.36. The average molecular weight is 205 g/mol. The summed E-state index contributed by atoms with van der Waals surface area (Å²) < 4.78 is 4.80. The van der Waals surface area contributed by atoms with Crippen molar-refractivity contribution in [3.05, 3.63) is 29.8 Å². The third kappa shape index (κ3) is 3.75. The highest BCUT2D eigenvalue weighted by molar-refractivity contribution is 5.72. The number of isocyanates is 1. The maximum atomic E-state index is 11.1. The van der Waals surface area contributed by atoms with Gasteiger partial charge in [0.25, 0.3) is 0 Å². The van der Waals surface area contributed by atoms with Gasteiger partial charge in [0.2, 0.25) is 6.08 Å². The number of carbonyl (C=O) groups is 1. The van der Waals surface area contributed by atoms with E-state index in [2.05, 4.69) is 4.99 Å². The minimum atomic E-state index is -0.260. The number of hydrogen-bond acceptors (Lipinski definition) is 4. The SMILES string of the molecule is CCOC(=O)Cc1ccc(N=C=O)cc1. The Balaban J connectivity index is 2.64. The van der Waals surface area contributed by atoms with Gasteiger partial charge in [-0.3, -0.25) is 4.79 Å². The molecule has 0 atom stereocenters. The number of hydrogen-bond donors (Lipinski definition) is 0. The third-order valence-electron chi connectivity index (χ3n) is 1.76. The van der Waals surface area contributed by atoms with Crippen molar-refractivity contribution in [1.82, 2.24) is 0 Å². The summed E-state index contributed by atoms with van der Waals surface area (Å²) >= 11 is 0. The molecule has 0 unspecified atom stereocenters. The fraction of sp³-hybridized carbons (Fsp3) is 0.273. The van der Waals surface area contributed by atoms with E-state index < -0.39 is 0 Å². The molecule has 0 saturated carbocycles. The molecule has 0 aromatic heterocycles. The lowest BCUT2D eigenvalue weighted by Crippen LogP contribution is -2.07. The first-order valence-electron chi connectivity index (χ1n) is 4.58. The van der Waals surface area contributed by atoms with E-state index >= 15 is 0 Å². The number of ether oxygens (including phenoxy) is 1. The quantitative estimate of drug-likeness (QED) is 0.427. The van der Waals surface area contributed by atoms with Crippen LogP contribution in [0.2, 0.25) is 0 Å². The second-order valence-corrected chi connectivity index (χ2v) is 2.85. The Morgan fingerprint density at radius 2 is 2.07 bits per heavy atom. The molecule has 0 aliphatic rings. The minimum absolute atomic E-state index is 0.235. The lowest BCUT2D eigenvalue weighted by Gasteiger charge is -2.01. The van der Waals surface area contributed by atoms with Gasteiger partial charge in [-0.15, -0.1) is 0 Å². The van der Waals surface area contributed by atoms with E-state index in [0.29, 0.717) is 12.3 Å². The molecule has 4 heteroatoms. The summed E-state index contributed by atoms with van der Waals surface area (Å²) in [7, 11) is 0. The molecule has 0 heterocycles. The molecule has 1 aromatic carbocycles. The van der Waals surface area contributed by atoms with Crippen molar-refractivity contribution in [1.29, 1.82) is 0 Å². The van der Waals surface area contributed by atoms with Crippen LogP contribution in [0.1, 0.15) is 12.5 Å². The third-order valence-corrected chi connectivity index (χ3v) is 1.76. The van der Waals surface area contributed by atoms with Gasteiger partial charge >= 0.3 is 5.97 Å². The van der Waals surface area contributed by atoms with Crippen LogP contribution in [0.4, 0.5) is 5.69 Å². The molecular weight excluding hydrogens is 194 g/mol. The van der Waals surface area contributed by atoms with Crippen molar-refractivity contribution < 1.29 is 14.3 Å². The van der Waals surface area contributed by atoms with Gasteiger partial charge in [-0.05, 0) is 24.6 Å². The zero-order valence-electron chi connectivity index (χ0n) is 8.40. The molecule has 0 aliphatic carbocycles. The van der Waals surface area contributed by atoms with Crippen LogP contribution < -0.4 is 0 Å². The summed E-state index contributed by atoms with van der Waals surface area (Å²) in [6, 6.07) is 6.76. The zero-order valence-corrected chi connectivity index (χ0v) is 8.40. The fourth-order valence-electron chi connectivity index (χ4n) is 1.12. The molecule has 0 bridgehead atoms. The van der Waals surface area contributed by atoms with E-state index in [0.717, 1.165) is 5.56 Å². The molecule has 0 spiro atoms. The van der Waals surface area contributed by atoms with E-state index in [4.69, 9.17) is 4.74 Å². The van der Waals surface area contributed by atoms with E-state index in [-0.39, 0.29) is 12.4 Å². The van der Waals surface area contributed by atoms with Gasteiger partial charge in [0.15, 0.2) is 0 Å². The van der Waals surface area contributed by atoms with Crippen LogP contribution in [-0.2, 0) is 20.7 Å². The molecule has 0 amide bonds. The zero-order chi connectivity index (χ0) is 11.1. The Morgan fingerprint density at radius 3 is 2.60 bits per heavy atom. The lowest BCUT2D eigenvalue weighted by atomic mass is 10.1. The number of benzene rings is 1. The van der Waals surface area contributed by atoms with Crippen LogP contribution in [-0.4, -0.2) is 18.7 Å². The second-order valence-electron chi connectivity index (χ2n) is 2.85. The van der Waals surface area contributed by atoms with Crippen molar-refractivity contribution in [2.24, 2.45) is 4.99 Å². The number of esters is 1. The van der Waals surface area contributed by atoms with Gasteiger partial charge in [-0.2, -0.15) is 4.99 Å². The van der Waals surface area contributed by atoms with E-state index in [1.165, 1.54) is 6.08 Å². The van der Waals surface area contributed by atoms with Crippen LogP contribution in [0.25, 0.3) is 0 Å². The summed E-state index contributed by atoms with van der Waals surface area (Å²) in [5.74, 6) is -0.260. The van der Waals surface area contributed by atoms with Crippen molar-refractivity contribution in [3.8, 4) is 0 Å². The molecule has 15 heavy (non-hydrogen) atoms. The van der Waals surface area contributed by atoms with Gasteiger partial charge in [-0.1, -0.05) is 12.1 Å². The molecule has 0 fully saturated rings. The molecule has 0 radical (unpaired) electrons. The Kier molecular flexibility index (Phi) is 4.26. The van der Waals surface area contributed by atoms with Gasteiger partial charge in [0.1, 0.15) is 0 Å². The van der Waals surface area contributed by atoms with Gasteiger partial charge in [-0.25, -0.2) is 4.79 Å². The summed E-state index contributed by atoms with van der Waals surface area (Å²) in [6.45, 7) is 2.14. The Bertz CT molecular complexity index is 377. The maximum absolute atomic E-state index is 11.1. The monoisotopic (exact) mass is 205 g/mol. The first-order valence-corrected chi connectivity index (χ1v) is 4.58. The largest absolute Gasteiger partial charge is 0.466 e. The van der Waals surface area contributed by atoms with Crippen LogP contribution in [0.5, 0.6) is 0 Å². The molecule has 0 saturated heterocycles. The van der Waals surface area contributed by atoms with Crippen molar-refractivity contribution in [2.75, 3.05) is 6.61 Å². The second kappa shape index (κ2) is 5.73. The highest BCUT2D eigenvalue weighted by atomic mass is 16.5. The predicted octanol–water partition coefficient (Wildman–Crippen LogP) is 1.76. The van der Waals surface area contributed by atoms with Crippen LogP contribution in [0.3, 0.4) is 0 Å². The van der Waals surface area contributed by atoms with E-state index in [1.807, 2.05) is 0 Å². The highest BCUT2D eigenvalue weighted by Gasteiger charge is 2.03. The first-order chi connectivity index (χ1) is 7.26. The maximum Gasteiger partial charge on any atom is 0.310 e. The number of aliphatic imine (C=N–C) groups is 1. The van der Waals surface area contributed by atoms with Gasteiger partial charge in [0.05, 0.1) is 18.7 Å².